The van der Waals surface area contributed by atoms with Crippen LogP contribution in [0.4, 0.5) is 5.69 Å². The monoisotopic (exact) mass is 595 g/mol. The third kappa shape index (κ3) is 5.38. The molecule has 3 aromatic rings. The summed E-state index contributed by atoms with van der Waals surface area (Å²) in [6.07, 6.45) is -0.920. The van der Waals surface area contributed by atoms with Gasteiger partial charge in [0.25, 0.3) is 0 Å². The molecule has 3 saturated heterocycles. The number of nitrogens with one attached hydrogen (secondary N) is 1. The van der Waals surface area contributed by atoms with Crippen LogP contribution in [0.25, 0.3) is 22.0 Å². The highest BCUT2D eigenvalue weighted by atomic mass is 35.5. The molecule has 8 nitrogen and oxygen atoms in total. The summed E-state index contributed by atoms with van der Waals surface area (Å²) >= 11 is 6.75. The predicted octanol–water partition coefficient (Wildman–Crippen LogP) is 6.13. The number of ether oxygens (including phenoxy) is 4. The summed E-state index contributed by atoms with van der Waals surface area (Å²) in [4.78, 5) is 5.59. The summed E-state index contributed by atoms with van der Waals surface area (Å²) in [7, 11) is -1.98. The van der Waals surface area contributed by atoms with Crippen molar-refractivity contribution in [3.63, 3.8) is 0 Å². The molecule has 1 aromatic heterocycles. The highest BCUT2D eigenvalue weighted by Gasteiger charge is 2.52. The number of benzene rings is 2. The zero-order valence-electron chi connectivity index (χ0n) is 24.3. The molecule has 0 radical (unpaired) electrons. The molecule has 0 unspecified atom stereocenters. The zero-order chi connectivity index (χ0) is 28.9. The van der Waals surface area contributed by atoms with E-state index >= 15 is 0 Å². The lowest BCUT2D eigenvalue weighted by Gasteiger charge is -2.39. The lowest BCUT2D eigenvalue weighted by molar-refractivity contribution is 0.0126. The van der Waals surface area contributed by atoms with E-state index in [0.717, 1.165) is 54.0 Å². The molecule has 4 heterocycles. The van der Waals surface area contributed by atoms with Gasteiger partial charge in [0.1, 0.15) is 23.8 Å². The van der Waals surface area contributed by atoms with Crippen LogP contribution in [0.1, 0.15) is 26.3 Å². The van der Waals surface area contributed by atoms with Crippen molar-refractivity contribution in [1.29, 1.82) is 5.26 Å². The van der Waals surface area contributed by atoms with Gasteiger partial charge in [-0.2, -0.15) is 5.26 Å². The number of nitriles is 1. The maximum Gasteiger partial charge on any atom is 0.210 e. The topological polar surface area (TPSA) is 89.0 Å². The van der Waals surface area contributed by atoms with Crippen LogP contribution in [0.5, 0.6) is 5.88 Å². The maximum absolute atomic E-state index is 10.1. The molecule has 218 valence electrons. The number of aromatic nitrogens is 1. The molecular formula is C31H38ClN3O5Si. The summed E-state index contributed by atoms with van der Waals surface area (Å²) in [6.45, 7) is 15.3. The number of nitrogens with zero attached hydrogens (tertiary/aromatic N) is 2. The zero-order valence-corrected chi connectivity index (χ0v) is 26.1. The van der Waals surface area contributed by atoms with Crippen LogP contribution >= 0.6 is 11.6 Å². The molecule has 0 bridgehead atoms. The minimum atomic E-state index is -1.98. The molecule has 6 rings (SSSR count). The van der Waals surface area contributed by atoms with Gasteiger partial charge in [0.15, 0.2) is 14.4 Å². The molecule has 1 N–H and O–H groups in total. The fourth-order valence-electron chi connectivity index (χ4n) is 5.62. The number of anilines is 1. The SMILES string of the molecule is CC(C)(C)[Si](C)(C)O[C@@H]1CO[C@H]2[C@@H]1OC[C@H]2Oc1[nH]c2cc(Cl)c(-c3ccc(N4CCOCC4)cc3)cc2c1C#N. The third-order valence-corrected chi connectivity index (χ3v) is 13.8. The smallest absolute Gasteiger partial charge is 0.210 e. The number of halogens is 1. The van der Waals surface area contributed by atoms with Gasteiger partial charge in [-0.15, -0.1) is 0 Å². The van der Waals surface area contributed by atoms with Crippen LogP contribution in [-0.2, 0) is 18.6 Å². The Morgan fingerprint density at radius 3 is 2.34 bits per heavy atom. The van der Waals surface area contributed by atoms with Gasteiger partial charge >= 0.3 is 0 Å². The van der Waals surface area contributed by atoms with E-state index in [9.17, 15) is 5.26 Å². The first-order valence-corrected chi connectivity index (χ1v) is 17.6. The Morgan fingerprint density at radius 2 is 1.68 bits per heavy atom. The quantitative estimate of drug-likeness (QED) is 0.343. The fraction of sp³-hybridized carbons (Fsp3) is 0.516. The van der Waals surface area contributed by atoms with E-state index < -0.39 is 8.32 Å². The molecule has 3 aliphatic rings. The van der Waals surface area contributed by atoms with E-state index in [4.69, 9.17) is 35.0 Å². The largest absolute Gasteiger partial charge is 0.469 e. The Bertz CT molecular complexity index is 1460. The minimum Gasteiger partial charge on any atom is -0.469 e. The second kappa shape index (κ2) is 10.9. The van der Waals surface area contributed by atoms with Crippen molar-refractivity contribution in [2.45, 2.75) is 63.3 Å². The van der Waals surface area contributed by atoms with Crippen LogP contribution in [0.15, 0.2) is 36.4 Å². The number of fused-ring (bicyclic) bond motifs is 2. The van der Waals surface area contributed by atoms with Crippen LogP contribution in [-0.4, -0.2) is 77.2 Å². The Labute approximate surface area is 247 Å². The maximum atomic E-state index is 10.1. The van der Waals surface area contributed by atoms with E-state index in [0.29, 0.717) is 29.7 Å². The Kier molecular flexibility index (Phi) is 7.60. The highest BCUT2D eigenvalue weighted by molar-refractivity contribution is 6.74. The van der Waals surface area contributed by atoms with Crippen LogP contribution in [0.3, 0.4) is 0 Å². The molecule has 0 spiro atoms. The van der Waals surface area contributed by atoms with E-state index in [1.54, 1.807) is 0 Å². The van der Waals surface area contributed by atoms with Crippen molar-refractivity contribution in [2.24, 2.45) is 0 Å². The van der Waals surface area contributed by atoms with Crippen molar-refractivity contribution in [3.8, 4) is 23.1 Å². The van der Waals surface area contributed by atoms with E-state index in [-0.39, 0.29) is 29.5 Å². The van der Waals surface area contributed by atoms with Crippen molar-refractivity contribution in [2.75, 3.05) is 44.4 Å². The van der Waals surface area contributed by atoms with Crippen molar-refractivity contribution >= 4 is 36.5 Å². The van der Waals surface area contributed by atoms with Crippen LogP contribution in [0.2, 0.25) is 23.2 Å². The van der Waals surface area contributed by atoms with Crippen molar-refractivity contribution < 1.29 is 23.4 Å². The van der Waals surface area contributed by atoms with Gasteiger partial charge in [-0.1, -0.05) is 44.5 Å². The first kappa shape index (κ1) is 28.5. The highest BCUT2D eigenvalue weighted by Crippen LogP contribution is 2.42. The van der Waals surface area contributed by atoms with Gasteiger partial charge in [-0.3, -0.25) is 0 Å². The third-order valence-electron chi connectivity index (χ3n) is 9.00. The van der Waals surface area contributed by atoms with Gasteiger partial charge in [0.05, 0.1) is 43.1 Å². The summed E-state index contributed by atoms with van der Waals surface area (Å²) in [5, 5.41) is 11.6. The van der Waals surface area contributed by atoms with Gasteiger partial charge in [0.2, 0.25) is 5.88 Å². The van der Waals surface area contributed by atoms with Crippen molar-refractivity contribution in [1.82, 2.24) is 4.98 Å². The second-order valence-corrected chi connectivity index (χ2v) is 17.8. The number of hydrogen-bond donors (Lipinski definition) is 1. The summed E-state index contributed by atoms with van der Waals surface area (Å²) in [5.74, 6) is 0.407. The molecule has 41 heavy (non-hydrogen) atoms. The van der Waals surface area contributed by atoms with E-state index in [1.165, 1.54) is 0 Å². The molecule has 0 aliphatic carbocycles. The van der Waals surface area contributed by atoms with Gasteiger partial charge in [-0.25, -0.2) is 0 Å². The minimum absolute atomic E-state index is 0.0938. The molecule has 3 aliphatic heterocycles. The standard InChI is InChI=1S/C31H38ClN3O5Si/c1-31(2,3)41(4,5)40-27-18-38-28-26(17-37-29(27)28)39-30-23(16-33)22-14-21(24(32)15-25(22)34-30)19-6-8-20(9-7-19)35-10-12-36-13-11-35/h6-9,14-15,26-29,34H,10-13,17-18H2,1-5H3/t26-,27-,28-,29-/m1/s1. The average molecular weight is 596 g/mol. The van der Waals surface area contributed by atoms with Gasteiger partial charge in [0, 0.05) is 29.7 Å². The molecule has 10 heteroatoms. The lowest BCUT2D eigenvalue weighted by Crippen LogP contribution is -2.47. The second-order valence-electron chi connectivity index (χ2n) is 12.6. The van der Waals surface area contributed by atoms with Gasteiger partial charge in [-0.05, 0) is 48.0 Å². The first-order valence-electron chi connectivity index (χ1n) is 14.3. The number of aromatic amines is 1. The normalized spacial score (nSPS) is 25.0. The number of H-pyrrole nitrogens is 1. The van der Waals surface area contributed by atoms with Gasteiger partial charge < -0.3 is 33.3 Å². The van der Waals surface area contributed by atoms with E-state index in [1.807, 2.05) is 12.1 Å². The molecule has 0 amide bonds. The molecular weight excluding hydrogens is 558 g/mol. The molecule has 3 fully saturated rings. The Morgan fingerprint density at radius 1 is 1.02 bits per heavy atom. The predicted molar refractivity (Wildman–Crippen MR) is 162 cm³/mol. The Hall–Kier alpha value is -2.58. The first-order chi connectivity index (χ1) is 19.6. The molecule has 0 saturated carbocycles. The fourth-order valence-corrected chi connectivity index (χ4v) is 7.21. The molecule has 2 aromatic carbocycles. The number of hydrogen-bond acceptors (Lipinski definition) is 7. The average Bonchev–Trinajstić information content (AvgIpc) is 3.62. The van der Waals surface area contributed by atoms with Crippen molar-refractivity contribution in [3.05, 3.63) is 47.0 Å². The lowest BCUT2D eigenvalue weighted by atomic mass is 10.0. The molecule has 4 atom stereocenters. The van der Waals surface area contributed by atoms with Crippen LogP contribution in [0, 0.1) is 11.3 Å². The summed E-state index contributed by atoms with van der Waals surface area (Å²) < 4.78 is 30.8. The summed E-state index contributed by atoms with van der Waals surface area (Å²) in [5.41, 5.74) is 4.20. The number of rotatable bonds is 6. The Balaban J connectivity index is 1.21. The van der Waals surface area contributed by atoms with E-state index in [2.05, 4.69) is 74.1 Å². The summed E-state index contributed by atoms with van der Waals surface area (Å²) in [6, 6.07) is 14.5. The van der Waals surface area contributed by atoms with Crippen LogP contribution < -0.4 is 9.64 Å². The number of morpholine rings is 1.